The fourth-order valence-corrected chi connectivity index (χ4v) is 4.27. The van der Waals surface area contributed by atoms with Crippen LogP contribution in [0, 0.1) is 13.8 Å². The van der Waals surface area contributed by atoms with E-state index in [1.807, 2.05) is 11.3 Å². The minimum absolute atomic E-state index is 0.927. The number of hydrogen-bond donors (Lipinski definition) is 1. The zero-order valence-electron chi connectivity index (χ0n) is 12.4. The number of fused-ring (bicyclic) bond motifs is 2. The van der Waals surface area contributed by atoms with Gasteiger partial charge in [-0.3, -0.25) is 0 Å². The summed E-state index contributed by atoms with van der Waals surface area (Å²) in [5.41, 5.74) is 6.76. The first kappa shape index (κ1) is 13.0. The van der Waals surface area contributed by atoms with Gasteiger partial charge < -0.3 is 5.32 Å². The second kappa shape index (κ2) is 4.93. The summed E-state index contributed by atoms with van der Waals surface area (Å²) in [6.45, 7) is 6.39. The molecule has 106 valence electrons. The largest absolute Gasteiger partial charge is 0.312 e. The molecule has 0 atom stereocenters. The van der Waals surface area contributed by atoms with E-state index in [1.54, 1.807) is 0 Å². The van der Waals surface area contributed by atoms with E-state index in [9.17, 15) is 0 Å². The summed E-state index contributed by atoms with van der Waals surface area (Å²) >= 11 is 1.83. The summed E-state index contributed by atoms with van der Waals surface area (Å²) in [5, 5.41) is 4.86. The zero-order chi connectivity index (χ0) is 14.4. The highest BCUT2D eigenvalue weighted by atomic mass is 32.1. The molecule has 0 radical (unpaired) electrons. The minimum atomic E-state index is 0.927. The molecule has 1 aliphatic heterocycles. The summed E-state index contributed by atoms with van der Waals surface area (Å²) in [7, 11) is 0. The Labute approximate surface area is 128 Å². The first-order valence-electron chi connectivity index (χ1n) is 7.43. The van der Waals surface area contributed by atoms with Crippen LogP contribution in [0.4, 0.5) is 0 Å². The van der Waals surface area contributed by atoms with Crippen LogP contribution in [0.2, 0.25) is 0 Å². The van der Waals surface area contributed by atoms with E-state index in [2.05, 4.69) is 49.5 Å². The van der Waals surface area contributed by atoms with Crippen LogP contribution in [0.3, 0.4) is 0 Å². The molecular weight excluding hydrogens is 276 g/mol. The molecule has 0 saturated carbocycles. The molecule has 0 unspecified atom stereocenters. The number of hydrogen-bond acceptors (Lipinski definition) is 3. The molecule has 0 aliphatic carbocycles. The lowest BCUT2D eigenvalue weighted by molar-refractivity contribution is 0.634. The maximum absolute atomic E-state index is 4.96. The number of thiophene rings is 1. The highest BCUT2D eigenvalue weighted by Gasteiger charge is 2.21. The Morgan fingerprint density at radius 3 is 2.76 bits per heavy atom. The van der Waals surface area contributed by atoms with E-state index in [0.717, 1.165) is 19.5 Å². The predicted molar refractivity (Wildman–Crippen MR) is 89.9 cm³/mol. The van der Waals surface area contributed by atoms with Crippen LogP contribution in [0.15, 0.2) is 30.3 Å². The molecule has 0 fully saturated rings. The van der Waals surface area contributed by atoms with Crippen LogP contribution >= 0.6 is 11.3 Å². The van der Waals surface area contributed by atoms with Crippen molar-refractivity contribution in [1.82, 2.24) is 10.3 Å². The molecule has 4 rings (SSSR count). The van der Waals surface area contributed by atoms with E-state index in [0.29, 0.717) is 0 Å². The highest BCUT2D eigenvalue weighted by Crippen LogP contribution is 2.40. The maximum Gasteiger partial charge on any atom is 0.124 e. The Morgan fingerprint density at radius 1 is 1.14 bits per heavy atom. The Kier molecular flexibility index (Phi) is 3.05. The first-order valence-corrected chi connectivity index (χ1v) is 8.25. The molecule has 21 heavy (non-hydrogen) atoms. The molecule has 1 aromatic carbocycles. The monoisotopic (exact) mass is 294 g/mol. The maximum atomic E-state index is 4.96. The molecule has 3 aromatic rings. The molecule has 2 nitrogen and oxygen atoms in total. The average molecular weight is 294 g/mol. The molecule has 3 heteroatoms. The van der Waals surface area contributed by atoms with Gasteiger partial charge in [0.2, 0.25) is 0 Å². The summed E-state index contributed by atoms with van der Waals surface area (Å²) < 4.78 is 0. The van der Waals surface area contributed by atoms with Gasteiger partial charge in [-0.05, 0) is 36.1 Å². The summed E-state index contributed by atoms with van der Waals surface area (Å²) in [4.78, 5) is 7.54. The summed E-state index contributed by atoms with van der Waals surface area (Å²) in [6.07, 6.45) is 1.03. The quantitative estimate of drug-likeness (QED) is 0.726. The third-order valence-corrected chi connectivity index (χ3v) is 5.51. The van der Waals surface area contributed by atoms with Crippen molar-refractivity contribution < 1.29 is 0 Å². The molecule has 0 bridgehead atoms. The zero-order valence-corrected chi connectivity index (χ0v) is 13.2. The lowest BCUT2D eigenvalue weighted by Crippen LogP contribution is -2.25. The third-order valence-electron chi connectivity index (χ3n) is 4.41. The number of benzene rings is 1. The van der Waals surface area contributed by atoms with Crippen LogP contribution in [0.1, 0.15) is 21.7 Å². The topological polar surface area (TPSA) is 24.9 Å². The Balaban J connectivity index is 2.14. The second-order valence-corrected chi connectivity index (χ2v) is 6.87. The van der Waals surface area contributed by atoms with Crippen LogP contribution in [-0.2, 0) is 13.0 Å². The average Bonchev–Trinajstić information content (AvgIpc) is 2.80. The smallest absolute Gasteiger partial charge is 0.124 e. The highest BCUT2D eigenvalue weighted by molar-refractivity contribution is 7.18. The fourth-order valence-electron chi connectivity index (χ4n) is 3.21. The van der Waals surface area contributed by atoms with Crippen molar-refractivity contribution in [1.29, 1.82) is 0 Å². The van der Waals surface area contributed by atoms with Gasteiger partial charge in [-0.25, -0.2) is 4.98 Å². The Bertz CT molecular complexity index is 818. The normalized spacial score (nSPS) is 14.4. The van der Waals surface area contributed by atoms with Gasteiger partial charge in [-0.2, -0.15) is 0 Å². The summed E-state index contributed by atoms with van der Waals surface area (Å²) in [5.74, 6) is 0. The van der Waals surface area contributed by atoms with E-state index >= 15 is 0 Å². The van der Waals surface area contributed by atoms with Gasteiger partial charge in [0.1, 0.15) is 4.83 Å². The van der Waals surface area contributed by atoms with Crippen molar-refractivity contribution in [3.8, 4) is 11.1 Å². The van der Waals surface area contributed by atoms with E-state index in [-0.39, 0.29) is 0 Å². The number of aryl methyl sites for hydroxylation is 2. The molecule has 0 spiro atoms. The molecule has 0 saturated heterocycles. The fraction of sp³-hybridized carbons (Fsp3) is 0.278. The SMILES string of the molecule is Cc1sc2nc3c(c(-c4ccccc4)c2c1C)CNCC3. The van der Waals surface area contributed by atoms with Crippen molar-refractivity contribution in [2.45, 2.75) is 26.8 Å². The van der Waals surface area contributed by atoms with Gasteiger partial charge in [-0.1, -0.05) is 30.3 Å². The van der Waals surface area contributed by atoms with Crippen LogP contribution < -0.4 is 5.32 Å². The Hall–Kier alpha value is -1.71. The van der Waals surface area contributed by atoms with Gasteiger partial charge >= 0.3 is 0 Å². The Morgan fingerprint density at radius 2 is 1.95 bits per heavy atom. The lowest BCUT2D eigenvalue weighted by Gasteiger charge is -2.21. The molecule has 1 N–H and O–H groups in total. The predicted octanol–water partition coefficient (Wildman–Crippen LogP) is 4.23. The standard InChI is InChI=1S/C18H18N2S/c1-11-12(2)21-18-16(11)17(13-6-4-3-5-7-13)14-10-19-9-8-15(14)20-18/h3-7,19H,8-10H2,1-2H3. The number of nitrogens with one attached hydrogen (secondary N) is 1. The van der Waals surface area contributed by atoms with Crippen molar-refractivity contribution >= 4 is 21.6 Å². The summed E-state index contributed by atoms with van der Waals surface area (Å²) in [6, 6.07) is 10.8. The number of pyridine rings is 1. The van der Waals surface area contributed by atoms with Gasteiger partial charge in [0, 0.05) is 35.5 Å². The van der Waals surface area contributed by atoms with Gasteiger partial charge in [0.15, 0.2) is 0 Å². The van der Waals surface area contributed by atoms with Gasteiger partial charge in [-0.15, -0.1) is 11.3 Å². The van der Waals surface area contributed by atoms with Crippen molar-refractivity contribution in [2.75, 3.05) is 6.54 Å². The van der Waals surface area contributed by atoms with Crippen molar-refractivity contribution in [3.63, 3.8) is 0 Å². The molecule has 2 aromatic heterocycles. The van der Waals surface area contributed by atoms with Gasteiger partial charge in [0.05, 0.1) is 0 Å². The van der Waals surface area contributed by atoms with Crippen molar-refractivity contribution in [3.05, 3.63) is 52.0 Å². The lowest BCUT2D eigenvalue weighted by atomic mass is 9.92. The van der Waals surface area contributed by atoms with Crippen LogP contribution in [0.25, 0.3) is 21.3 Å². The van der Waals surface area contributed by atoms with Crippen LogP contribution in [-0.4, -0.2) is 11.5 Å². The van der Waals surface area contributed by atoms with E-state index < -0.39 is 0 Å². The van der Waals surface area contributed by atoms with Crippen molar-refractivity contribution in [2.24, 2.45) is 0 Å². The van der Waals surface area contributed by atoms with E-state index in [1.165, 1.54) is 43.0 Å². The number of nitrogens with zero attached hydrogens (tertiary/aromatic N) is 1. The van der Waals surface area contributed by atoms with Gasteiger partial charge in [0.25, 0.3) is 0 Å². The van der Waals surface area contributed by atoms with E-state index in [4.69, 9.17) is 4.98 Å². The minimum Gasteiger partial charge on any atom is -0.312 e. The molecule has 0 amide bonds. The first-order chi connectivity index (χ1) is 10.3. The van der Waals surface area contributed by atoms with Crippen LogP contribution in [0.5, 0.6) is 0 Å². The molecular formula is C18H18N2S. The number of rotatable bonds is 1. The third kappa shape index (κ3) is 2.00. The molecule has 1 aliphatic rings. The number of aromatic nitrogens is 1. The molecule has 3 heterocycles. The second-order valence-electron chi connectivity index (χ2n) is 5.67.